The maximum atomic E-state index is 6.10. The number of nitrogen functional groups attached to an aromatic ring is 1. The van der Waals surface area contributed by atoms with E-state index in [0.29, 0.717) is 11.8 Å². The second-order valence-electron chi connectivity index (χ2n) is 6.02. The molecule has 21 heavy (non-hydrogen) atoms. The van der Waals surface area contributed by atoms with Gasteiger partial charge in [0.2, 0.25) is 0 Å². The summed E-state index contributed by atoms with van der Waals surface area (Å²) >= 11 is 0. The lowest BCUT2D eigenvalue weighted by Gasteiger charge is -2.16. The third kappa shape index (κ3) is 4.96. The van der Waals surface area contributed by atoms with Crippen molar-refractivity contribution < 1.29 is 0 Å². The van der Waals surface area contributed by atoms with Gasteiger partial charge in [-0.1, -0.05) is 52.0 Å². The molecule has 4 N–H and O–H groups in total. The van der Waals surface area contributed by atoms with Crippen molar-refractivity contribution in [3.05, 3.63) is 53.3 Å². The van der Waals surface area contributed by atoms with E-state index >= 15 is 0 Å². The molecule has 0 amide bonds. The van der Waals surface area contributed by atoms with Gasteiger partial charge in [-0.2, -0.15) is 0 Å². The van der Waals surface area contributed by atoms with Crippen LogP contribution in [0.4, 0.5) is 5.69 Å². The highest BCUT2D eigenvalue weighted by atomic mass is 14.6. The van der Waals surface area contributed by atoms with Crippen LogP contribution in [0, 0.1) is 11.8 Å². The fraction of sp³-hybridized carbons (Fsp3) is 0.474. The van der Waals surface area contributed by atoms with Crippen LogP contribution in [0.5, 0.6) is 0 Å². The quantitative estimate of drug-likeness (QED) is 0.574. The molecular weight excluding hydrogens is 256 g/mol. The minimum Gasteiger partial charge on any atom is -0.402 e. The zero-order valence-electron chi connectivity index (χ0n) is 13.9. The smallest absolute Gasteiger partial charge is 0.0349 e. The van der Waals surface area contributed by atoms with Gasteiger partial charge in [0, 0.05) is 11.4 Å². The third-order valence-corrected chi connectivity index (χ3v) is 4.30. The summed E-state index contributed by atoms with van der Waals surface area (Å²) in [4.78, 5) is 0. The normalized spacial score (nSPS) is 14.8. The zero-order valence-corrected chi connectivity index (χ0v) is 13.9. The van der Waals surface area contributed by atoms with Crippen LogP contribution in [0.15, 0.2) is 42.1 Å². The topological polar surface area (TPSA) is 52.0 Å². The number of rotatable bonds is 7. The summed E-state index contributed by atoms with van der Waals surface area (Å²) in [6.45, 7) is 12.8. The van der Waals surface area contributed by atoms with Crippen LogP contribution in [0.2, 0.25) is 0 Å². The van der Waals surface area contributed by atoms with Gasteiger partial charge in [-0.3, -0.25) is 0 Å². The summed E-state index contributed by atoms with van der Waals surface area (Å²) in [6, 6.07) is 6.38. The Labute approximate surface area is 129 Å². The summed E-state index contributed by atoms with van der Waals surface area (Å²) in [5, 5.41) is 0. The summed E-state index contributed by atoms with van der Waals surface area (Å²) in [5.41, 5.74) is 17.5. The van der Waals surface area contributed by atoms with E-state index in [4.69, 9.17) is 11.5 Å². The summed E-state index contributed by atoms with van der Waals surface area (Å²) in [5.74, 6) is 0.771. The van der Waals surface area contributed by atoms with Crippen molar-refractivity contribution in [2.24, 2.45) is 17.6 Å². The van der Waals surface area contributed by atoms with Gasteiger partial charge in [-0.15, -0.1) is 0 Å². The van der Waals surface area contributed by atoms with Crippen molar-refractivity contribution in [1.29, 1.82) is 0 Å². The van der Waals surface area contributed by atoms with Crippen LogP contribution in [0.3, 0.4) is 0 Å². The van der Waals surface area contributed by atoms with Gasteiger partial charge in [0.1, 0.15) is 0 Å². The molecule has 1 aromatic rings. The highest BCUT2D eigenvalue weighted by molar-refractivity contribution is 5.49. The number of aryl methyl sites for hydroxylation is 1. The predicted octanol–water partition coefficient (Wildman–Crippen LogP) is 4.45. The van der Waals surface area contributed by atoms with Gasteiger partial charge in [-0.25, -0.2) is 0 Å². The Morgan fingerprint density at radius 2 is 1.90 bits per heavy atom. The molecule has 1 rings (SSSR count). The van der Waals surface area contributed by atoms with Gasteiger partial charge < -0.3 is 11.5 Å². The maximum absolute atomic E-state index is 6.10. The van der Waals surface area contributed by atoms with Crippen LogP contribution in [0.25, 0.3) is 0 Å². The molecule has 2 heteroatoms. The molecule has 0 aliphatic heterocycles. The van der Waals surface area contributed by atoms with Gasteiger partial charge in [-0.05, 0) is 54.4 Å². The monoisotopic (exact) mass is 286 g/mol. The Hall–Kier alpha value is -1.70. The van der Waals surface area contributed by atoms with Crippen molar-refractivity contribution in [2.45, 2.75) is 47.0 Å². The number of allylic oxidation sites excluding steroid dienone is 3. The Balaban J connectivity index is 2.74. The molecule has 0 fully saturated rings. The van der Waals surface area contributed by atoms with Crippen LogP contribution >= 0.6 is 0 Å². The van der Waals surface area contributed by atoms with Gasteiger partial charge in [0.05, 0.1) is 0 Å². The number of hydrogen-bond donors (Lipinski definition) is 2. The summed E-state index contributed by atoms with van der Waals surface area (Å²) in [7, 11) is 0. The second-order valence-corrected chi connectivity index (χ2v) is 6.02. The van der Waals surface area contributed by atoms with Gasteiger partial charge >= 0.3 is 0 Å². The zero-order chi connectivity index (χ0) is 16.0. The lowest BCUT2D eigenvalue weighted by molar-refractivity contribution is 0.639. The average molecular weight is 286 g/mol. The number of hydrogen-bond acceptors (Lipinski definition) is 2. The molecule has 2 atom stereocenters. The molecule has 0 aliphatic rings. The minimum absolute atomic E-state index is 0.361. The largest absolute Gasteiger partial charge is 0.402 e. The number of nitrogens with two attached hydrogens (primary N) is 2. The Kier molecular flexibility index (Phi) is 6.54. The molecule has 0 aliphatic carbocycles. The molecule has 0 saturated heterocycles. The van der Waals surface area contributed by atoms with E-state index in [-0.39, 0.29) is 0 Å². The van der Waals surface area contributed by atoms with Crippen LogP contribution in [-0.4, -0.2) is 0 Å². The van der Waals surface area contributed by atoms with Crippen molar-refractivity contribution in [1.82, 2.24) is 0 Å². The summed E-state index contributed by atoms with van der Waals surface area (Å²) < 4.78 is 0. The van der Waals surface area contributed by atoms with E-state index in [1.807, 2.05) is 6.08 Å². The van der Waals surface area contributed by atoms with E-state index in [1.165, 1.54) is 11.1 Å². The van der Waals surface area contributed by atoms with Crippen LogP contribution < -0.4 is 11.5 Å². The molecule has 0 bridgehead atoms. The lowest BCUT2D eigenvalue weighted by Crippen LogP contribution is -2.10. The first-order valence-corrected chi connectivity index (χ1v) is 7.92. The fourth-order valence-corrected chi connectivity index (χ4v) is 2.31. The molecule has 2 nitrogen and oxygen atoms in total. The maximum Gasteiger partial charge on any atom is 0.0349 e. The summed E-state index contributed by atoms with van der Waals surface area (Å²) in [6.07, 6.45) is 5.02. The minimum atomic E-state index is 0.361. The fourth-order valence-electron chi connectivity index (χ4n) is 2.31. The average Bonchev–Trinajstić information content (AvgIpc) is 2.46. The van der Waals surface area contributed by atoms with Crippen LogP contribution in [-0.2, 0) is 12.8 Å². The predicted molar refractivity (Wildman–Crippen MR) is 94.0 cm³/mol. The van der Waals surface area contributed by atoms with E-state index in [1.54, 1.807) is 0 Å². The molecule has 116 valence electrons. The van der Waals surface area contributed by atoms with Crippen molar-refractivity contribution in [3.63, 3.8) is 0 Å². The Morgan fingerprint density at radius 3 is 2.43 bits per heavy atom. The van der Waals surface area contributed by atoms with E-state index in [0.717, 1.165) is 36.2 Å². The highest BCUT2D eigenvalue weighted by Gasteiger charge is 2.10. The molecule has 1 unspecified atom stereocenters. The first-order valence-electron chi connectivity index (χ1n) is 7.92. The molecule has 0 saturated carbocycles. The number of anilines is 1. The van der Waals surface area contributed by atoms with E-state index < -0.39 is 0 Å². The van der Waals surface area contributed by atoms with Gasteiger partial charge in [0.15, 0.2) is 0 Å². The van der Waals surface area contributed by atoms with Gasteiger partial charge in [0.25, 0.3) is 0 Å². The molecule has 0 aromatic heterocycles. The van der Waals surface area contributed by atoms with Crippen molar-refractivity contribution in [2.75, 3.05) is 5.73 Å². The molecule has 0 spiro atoms. The standard InChI is InChI=1S/C19H30N2/c1-6-13(3)18(20)11-15(5)14(4)10-16-8-9-17(7-2)19(21)12-16/h8-9,11-14H,5-7,10,20-21H2,1-4H3/b18-11+/t13?,14-/m0/s1. The van der Waals surface area contributed by atoms with E-state index in [2.05, 4.69) is 52.5 Å². The highest BCUT2D eigenvalue weighted by Crippen LogP contribution is 2.22. The Morgan fingerprint density at radius 1 is 1.24 bits per heavy atom. The van der Waals surface area contributed by atoms with Crippen LogP contribution in [0.1, 0.15) is 45.2 Å². The number of benzene rings is 1. The molecule has 0 radical (unpaired) electrons. The molecular formula is C19H30N2. The first-order chi connectivity index (χ1) is 9.88. The first kappa shape index (κ1) is 17.4. The Bertz CT molecular complexity index is 514. The SMILES string of the molecule is C=C(/C=C(/N)C(C)CC)[C@@H](C)Cc1ccc(CC)c(N)c1. The van der Waals surface area contributed by atoms with Crippen molar-refractivity contribution in [3.8, 4) is 0 Å². The second kappa shape index (κ2) is 7.92. The molecule has 0 heterocycles. The lowest BCUT2D eigenvalue weighted by atomic mass is 9.91. The molecule has 1 aromatic carbocycles. The third-order valence-electron chi connectivity index (χ3n) is 4.30. The van der Waals surface area contributed by atoms with Crippen molar-refractivity contribution >= 4 is 5.69 Å². The van der Waals surface area contributed by atoms with E-state index in [9.17, 15) is 0 Å².